The Morgan fingerprint density at radius 2 is 1.83 bits per heavy atom. The van der Waals surface area contributed by atoms with Crippen molar-refractivity contribution in [2.45, 2.75) is 64.0 Å². The lowest BCUT2D eigenvalue weighted by Crippen LogP contribution is -2.36. The summed E-state index contributed by atoms with van der Waals surface area (Å²) in [5.41, 5.74) is 7.50. The van der Waals surface area contributed by atoms with Crippen LogP contribution in [-0.4, -0.2) is 11.1 Å². The van der Waals surface area contributed by atoms with Crippen LogP contribution >= 0.6 is 0 Å². The monoisotopic (exact) mass is 248 g/mol. The second-order valence-electron chi connectivity index (χ2n) is 5.65. The molecule has 1 aromatic heterocycles. The van der Waals surface area contributed by atoms with Crippen molar-refractivity contribution in [3.63, 3.8) is 0 Å². The molecule has 0 radical (unpaired) electrons. The smallest absolute Gasteiger partial charge is 0.138 e. The van der Waals surface area contributed by atoms with Crippen LogP contribution in [0.2, 0.25) is 0 Å². The molecule has 2 rings (SSSR count). The third-order valence-corrected chi connectivity index (χ3v) is 3.66. The highest BCUT2D eigenvalue weighted by molar-refractivity contribution is 5.29. The SMILES string of the molecule is CC(C)Oc1cncc(C2(N)CCCCCC2)c1. The molecule has 1 aromatic rings. The fourth-order valence-corrected chi connectivity index (χ4v) is 2.68. The molecule has 0 amide bonds. The number of nitrogens with zero attached hydrogens (tertiary/aromatic N) is 1. The van der Waals surface area contributed by atoms with E-state index in [2.05, 4.69) is 11.1 Å². The Morgan fingerprint density at radius 3 is 2.44 bits per heavy atom. The molecule has 3 heteroatoms. The summed E-state index contributed by atoms with van der Waals surface area (Å²) in [4.78, 5) is 4.28. The second-order valence-corrected chi connectivity index (χ2v) is 5.65. The van der Waals surface area contributed by atoms with Crippen molar-refractivity contribution in [3.8, 4) is 5.75 Å². The van der Waals surface area contributed by atoms with Crippen LogP contribution in [0.3, 0.4) is 0 Å². The quantitative estimate of drug-likeness (QED) is 0.834. The van der Waals surface area contributed by atoms with E-state index in [4.69, 9.17) is 10.5 Å². The molecule has 2 N–H and O–H groups in total. The fraction of sp³-hybridized carbons (Fsp3) is 0.667. The zero-order chi connectivity index (χ0) is 13.0. The summed E-state index contributed by atoms with van der Waals surface area (Å²) < 4.78 is 5.70. The van der Waals surface area contributed by atoms with E-state index in [-0.39, 0.29) is 11.6 Å². The van der Waals surface area contributed by atoms with Crippen LogP contribution in [0.5, 0.6) is 5.75 Å². The molecular weight excluding hydrogens is 224 g/mol. The molecule has 0 bridgehead atoms. The van der Waals surface area contributed by atoms with E-state index in [1.165, 1.54) is 25.7 Å². The summed E-state index contributed by atoms with van der Waals surface area (Å²) in [6, 6.07) is 2.07. The summed E-state index contributed by atoms with van der Waals surface area (Å²) in [5.74, 6) is 0.830. The van der Waals surface area contributed by atoms with Gasteiger partial charge in [-0.2, -0.15) is 0 Å². The zero-order valence-electron chi connectivity index (χ0n) is 11.5. The highest BCUT2D eigenvalue weighted by Crippen LogP contribution is 2.34. The van der Waals surface area contributed by atoms with Gasteiger partial charge < -0.3 is 10.5 Å². The van der Waals surface area contributed by atoms with Crippen LogP contribution in [-0.2, 0) is 5.54 Å². The van der Waals surface area contributed by atoms with Crippen molar-refractivity contribution in [3.05, 3.63) is 24.0 Å². The fourth-order valence-electron chi connectivity index (χ4n) is 2.68. The molecule has 1 aliphatic rings. The van der Waals surface area contributed by atoms with Gasteiger partial charge in [-0.15, -0.1) is 0 Å². The number of hydrogen-bond donors (Lipinski definition) is 1. The molecule has 0 atom stereocenters. The minimum Gasteiger partial charge on any atom is -0.489 e. The maximum Gasteiger partial charge on any atom is 0.138 e. The first kappa shape index (κ1) is 13.3. The average molecular weight is 248 g/mol. The van der Waals surface area contributed by atoms with Gasteiger partial charge in [-0.25, -0.2) is 0 Å². The Morgan fingerprint density at radius 1 is 1.17 bits per heavy atom. The van der Waals surface area contributed by atoms with Gasteiger partial charge >= 0.3 is 0 Å². The van der Waals surface area contributed by atoms with Crippen molar-refractivity contribution in [2.24, 2.45) is 5.73 Å². The first-order valence-corrected chi connectivity index (χ1v) is 7.01. The van der Waals surface area contributed by atoms with E-state index in [0.717, 1.165) is 24.2 Å². The predicted octanol–water partition coefficient (Wildman–Crippen LogP) is 3.38. The molecule has 1 fully saturated rings. The van der Waals surface area contributed by atoms with E-state index < -0.39 is 0 Å². The van der Waals surface area contributed by atoms with E-state index in [1.807, 2.05) is 20.0 Å². The first-order valence-electron chi connectivity index (χ1n) is 7.01. The average Bonchev–Trinajstić information content (AvgIpc) is 2.55. The van der Waals surface area contributed by atoms with Gasteiger partial charge in [0.25, 0.3) is 0 Å². The molecule has 0 aromatic carbocycles. The lowest BCUT2D eigenvalue weighted by molar-refractivity contribution is 0.240. The van der Waals surface area contributed by atoms with E-state index in [0.29, 0.717) is 0 Å². The van der Waals surface area contributed by atoms with Crippen LogP contribution in [0.25, 0.3) is 0 Å². The van der Waals surface area contributed by atoms with Crippen LogP contribution in [0.4, 0.5) is 0 Å². The Labute approximate surface area is 110 Å². The summed E-state index contributed by atoms with van der Waals surface area (Å²) >= 11 is 0. The molecule has 3 nitrogen and oxygen atoms in total. The minimum absolute atomic E-state index is 0.171. The van der Waals surface area contributed by atoms with Gasteiger partial charge in [-0.05, 0) is 38.3 Å². The van der Waals surface area contributed by atoms with Gasteiger partial charge in [-0.1, -0.05) is 25.7 Å². The standard InChI is InChI=1S/C15H24N2O/c1-12(2)18-14-9-13(10-17-11-14)15(16)7-5-3-4-6-8-15/h9-12H,3-8,16H2,1-2H3. The van der Waals surface area contributed by atoms with Crippen molar-refractivity contribution in [1.82, 2.24) is 4.98 Å². The van der Waals surface area contributed by atoms with Crippen LogP contribution in [0.1, 0.15) is 57.9 Å². The van der Waals surface area contributed by atoms with Crippen LogP contribution in [0.15, 0.2) is 18.5 Å². The highest BCUT2D eigenvalue weighted by atomic mass is 16.5. The van der Waals surface area contributed by atoms with Crippen LogP contribution in [0, 0.1) is 0 Å². The number of hydrogen-bond acceptors (Lipinski definition) is 3. The molecule has 18 heavy (non-hydrogen) atoms. The Kier molecular flexibility index (Phi) is 4.23. The molecule has 1 heterocycles. The number of ether oxygens (including phenoxy) is 1. The molecule has 0 spiro atoms. The Bertz CT molecular complexity index is 382. The predicted molar refractivity (Wildman–Crippen MR) is 73.6 cm³/mol. The molecule has 0 aliphatic heterocycles. The first-order chi connectivity index (χ1) is 8.60. The van der Waals surface area contributed by atoms with Crippen molar-refractivity contribution < 1.29 is 4.74 Å². The molecule has 1 saturated carbocycles. The molecular formula is C15H24N2O. The third-order valence-electron chi connectivity index (χ3n) is 3.66. The van der Waals surface area contributed by atoms with Crippen molar-refractivity contribution in [1.29, 1.82) is 0 Å². The van der Waals surface area contributed by atoms with Gasteiger partial charge in [0.15, 0.2) is 0 Å². The third kappa shape index (κ3) is 3.22. The topological polar surface area (TPSA) is 48.1 Å². The Balaban J connectivity index is 2.20. The number of aromatic nitrogens is 1. The number of nitrogens with two attached hydrogens (primary N) is 1. The maximum absolute atomic E-state index is 6.58. The van der Waals surface area contributed by atoms with E-state index in [9.17, 15) is 0 Å². The second kappa shape index (κ2) is 5.70. The van der Waals surface area contributed by atoms with Gasteiger partial charge in [0.2, 0.25) is 0 Å². The Hall–Kier alpha value is -1.09. The lowest BCUT2D eigenvalue weighted by atomic mass is 9.85. The minimum atomic E-state index is -0.208. The maximum atomic E-state index is 6.58. The largest absolute Gasteiger partial charge is 0.489 e. The van der Waals surface area contributed by atoms with Gasteiger partial charge in [0.05, 0.1) is 12.3 Å². The summed E-state index contributed by atoms with van der Waals surface area (Å²) in [6.45, 7) is 4.05. The number of rotatable bonds is 3. The zero-order valence-corrected chi connectivity index (χ0v) is 11.5. The lowest BCUT2D eigenvalue weighted by Gasteiger charge is -2.28. The molecule has 1 aliphatic carbocycles. The summed E-state index contributed by atoms with van der Waals surface area (Å²) in [7, 11) is 0. The number of pyridine rings is 1. The molecule has 0 saturated heterocycles. The van der Waals surface area contributed by atoms with Crippen LogP contribution < -0.4 is 10.5 Å². The molecule has 0 unspecified atom stereocenters. The van der Waals surface area contributed by atoms with Crippen molar-refractivity contribution >= 4 is 0 Å². The normalized spacial score (nSPS) is 19.6. The summed E-state index contributed by atoms with van der Waals surface area (Å²) in [6.07, 6.45) is 11.0. The van der Waals surface area contributed by atoms with E-state index >= 15 is 0 Å². The van der Waals surface area contributed by atoms with Gasteiger partial charge in [0.1, 0.15) is 5.75 Å². The van der Waals surface area contributed by atoms with E-state index in [1.54, 1.807) is 6.20 Å². The van der Waals surface area contributed by atoms with Crippen molar-refractivity contribution in [2.75, 3.05) is 0 Å². The van der Waals surface area contributed by atoms with Gasteiger partial charge in [-0.3, -0.25) is 4.98 Å². The summed E-state index contributed by atoms with van der Waals surface area (Å²) in [5, 5.41) is 0. The molecule has 100 valence electrons. The highest BCUT2D eigenvalue weighted by Gasteiger charge is 2.28. The van der Waals surface area contributed by atoms with Gasteiger partial charge in [0, 0.05) is 11.7 Å².